The van der Waals surface area contributed by atoms with Crippen LogP contribution >= 0.6 is 0 Å². The summed E-state index contributed by atoms with van der Waals surface area (Å²) >= 11 is 0. The first-order valence-corrected chi connectivity index (χ1v) is 9.76. The van der Waals surface area contributed by atoms with E-state index in [4.69, 9.17) is 4.84 Å². The first kappa shape index (κ1) is 20.3. The summed E-state index contributed by atoms with van der Waals surface area (Å²) in [4.78, 5) is 35.9. The van der Waals surface area contributed by atoms with Gasteiger partial charge < -0.3 is 5.32 Å². The van der Waals surface area contributed by atoms with Gasteiger partial charge in [0.1, 0.15) is 5.82 Å². The fraction of sp³-hybridized carbons (Fsp3) is 0.125. The Labute approximate surface area is 179 Å². The number of para-hydroxylation sites is 2. The van der Waals surface area contributed by atoms with E-state index in [-0.39, 0.29) is 16.4 Å². The molecule has 7 heteroatoms. The minimum atomic E-state index is -0.418. The molecule has 2 aromatic heterocycles. The highest BCUT2D eigenvalue weighted by molar-refractivity contribution is 6.05. The number of hydrogen-bond donors (Lipinski definition) is 1. The molecule has 0 spiro atoms. The maximum absolute atomic E-state index is 13.2. The number of fused-ring (bicyclic) bond motifs is 1. The van der Waals surface area contributed by atoms with Crippen LogP contribution in [0.25, 0.3) is 16.7 Å². The largest absolute Gasteiger partial charge is 0.341 e. The van der Waals surface area contributed by atoms with Gasteiger partial charge in [-0.3, -0.25) is 19.0 Å². The summed E-state index contributed by atoms with van der Waals surface area (Å²) in [5.74, 6) is 0.130. The number of rotatable bonds is 5. The number of aryl methyl sites for hydroxylation is 1. The van der Waals surface area contributed by atoms with Crippen LogP contribution in [0.4, 0.5) is 11.5 Å². The van der Waals surface area contributed by atoms with Crippen molar-refractivity contribution in [2.24, 2.45) is 0 Å². The van der Waals surface area contributed by atoms with Crippen molar-refractivity contribution in [1.29, 1.82) is 0 Å². The van der Waals surface area contributed by atoms with Crippen LogP contribution in [0.3, 0.4) is 0 Å². The molecule has 0 radical (unpaired) electrons. The third kappa shape index (κ3) is 3.91. The van der Waals surface area contributed by atoms with Crippen LogP contribution in [0.5, 0.6) is 0 Å². The predicted molar refractivity (Wildman–Crippen MR) is 121 cm³/mol. The Morgan fingerprint density at radius 1 is 1.03 bits per heavy atom. The Hall–Kier alpha value is -3.97. The summed E-state index contributed by atoms with van der Waals surface area (Å²) in [6.07, 6.45) is 0. The van der Waals surface area contributed by atoms with E-state index < -0.39 is 5.91 Å². The van der Waals surface area contributed by atoms with Crippen LogP contribution in [0, 0.1) is 6.92 Å². The van der Waals surface area contributed by atoms with Gasteiger partial charge in [-0.2, -0.15) is 0 Å². The first-order valence-electron chi connectivity index (χ1n) is 9.76. The molecule has 0 saturated heterocycles. The highest BCUT2D eigenvalue weighted by Crippen LogP contribution is 2.26. The molecule has 2 heterocycles. The molecule has 156 valence electrons. The number of nitrogens with one attached hydrogen (secondary N) is 1. The van der Waals surface area contributed by atoms with Gasteiger partial charge in [-0.15, -0.1) is 0 Å². The van der Waals surface area contributed by atoms with Crippen LogP contribution in [-0.2, 0) is 4.84 Å². The number of hydrogen-bond acceptors (Lipinski definition) is 5. The van der Waals surface area contributed by atoms with Crippen molar-refractivity contribution < 1.29 is 9.63 Å². The zero-order valence-electron chi connectivity index (χ0n) is 17.5. The minimum absolute atomic E-state index is 0.238. The van der Waals surface area contributed by atoms with Gasteiger partial charge >= 0.3 is 0 Å². The number of carbonyl (C=O) groups is 1. The zero-order valence-corrected chi connectivity index (χ0v) is 17.5. The second-order valence-electron chi connectivity index (χ2n) is 7.05. The van der Waals surface area contributed by atoms with Crippen molar-refractivity contribution in [3.05, 3.63) is 94.3 Å². The van der Waals surface area contributed by atoms with Crippen LogP contribution < -0.4 is 10.7 Å². The van der Waals surface area contributed by atoms with Gasteiger partial charge in [0.05, 0.1) is 18.1 Å². The summed E-state index contributed by atoms with van der Waals surface area (Å²) in [6, 6.07) is 22.3. The highest BCUT2D eigenvalue weighted by atomic mass is 16.7. The topological polar surface area (TPSA) is 76.5 Å². The molecule has 0 aliphatic carbocycles. The first-order chi connectivity index (χ1) is 15.0. The minimum Gasteiger partial charge on any atom is -0.341 e. The van der Waals surface area contributed by atoms with E-state index in [9.17, 15) is 9.59 Å². The molecular formula is C24H22N4O3. The second-order valence-corrected chi connectivity index (χ2v) is 7.05. The smallest absolute Gasteiger partial charge is 0.278 e. The molecule has 1 N–H and O–H groups in total. The Balaban J connectivity index is 2.06. The zero-order chi connectivity index (χ0) is 22.0. The van der Waals surface area contributed by atoms with Gasteiger partial charge in [-0.1, -0.05) is 36.4 Å². The Morgan fingerprint density at radius 3 is 2.32 bits per heavy atom. The van der Waals surface area contributed by atoms with Gasteiger partial charge in [0.2, 0.25) is 0 Å². The van der Waals surface area contributed by atoms with Crippen LogP contribution in [0.2, 0.25) is 0 Å². The van der Waals surface area contributed by atoms with Gasteiger partial charge in [0.25, 0.3) is 5.91 Å². The average Bonchev–Trinajstić information content (AvgIpc) is 2.78. The highest BCUT2D eigenvalue weighted by Gasteiger charge is 2.22. The lowest BCUT2D eigenvalue weighted by Gasteiger charge is -2.20. The van der Waals surface area contributed by atoms with Gasteiger partial charge in [-0.05, 0) is 37.3 Å². The quantitative estimate of drug-likeness (QED) is 0.498. The Kier molecular flexibility index (Phi) is 5.51. The fourth-order valence-electron chi connectivity index (χ4n) is 3.46. The molecular weight excluding hydrogens is 392 g/mol. The van der Waals surface area contributed by atoms with Crippen molar-refractivity contribution in [3.8, 4) is 5.69 Å². The molecule has 0 atom stereocenters. The molecule has 0 fully saturated rings. The molecule has 0 bridgehead atoms. The SMILES string of the molecule is CON(C)C(=O)c1cc(C)nc2c1c(=O)cc(Nc1ccccc1)n2-c1ccccc1. The van der Waals surface area contributed by atoms with Crippen LogP contribution in [0.1, 0.15) is 16.1 Å². The molecule has 31 heavy (non-hydrogen) atoms. The van der Waals surface area contributed by atoms with E-state index >= 15 is 0 Å². The molecule has 4 rings (SSSR count). The molecule has 0 aliphatic rings. The number of aromatic nitrogens is 2. The van der Waals surface area contributed by atoms with E-state index in [1.165, 1.54) is 20.2 Å². The Bertz CT molecular complexity index is 1300. The van der Waals surface area contributed by atoms with E-state index in [1.54, 1.807) is 13.0 Å². The van der Waals surface area contributed by atoms with Crippen LogP contribution in [-0.4, -0.2) is 34.7 Å². The molecule has 7 nitrogen and oxygen atoms in total. The fourth-order valence-corrected chi connectivity index (χ4v) is 3.46. The lowest BCUT2D eigenvalue weighted by molar-refractivity contribution is -0.0755. The van der Waals surface area contributed by atoms with Crippen molar-refractivity contribution in [3.63, 3.8) is 0 Å². The summed E-state index contributed by atoms with van der Waals surface area (Å²) in [5, 5.41) is 4.64. The summed E-state index contributed by atoms with van der Waals surface area (Å²) < 4.78 is 1.85. The third-order valence-corrected chi connectivity index (χ3v) is 4.95. The number of pyridine rings is 2. The summed E-state index contributed by atoms with van der Waals surface area (Å²) in [7, 11) is 2.91. The van der Waals surface area contributed by atoms with E-state index in [0.29, 0.717) is 17.2 Å². The molecule has 1 amide bonds. The van der Waals surface area contributed by atoms with E-state index in [1.807, 2.05) is 65.2 Å². The van der Waals surface area contributed by atoms with Crippen molar-refractivity contribution >= 4 is 28.4 Å². The standard InChI is InChI=1S/C24H22N4O3/c1-16-14-19(24(30)27(2)31-3)22-20(29)15-21(26-17-10-6-4-7-11-17)28(23(22)25-16)18-12-8-5-9-13-18/h4-15,26H,1-3H3. The lowest BCUT2D eigenvalue weighted by Crippen LogP contribution is -2.27. The molecule has 0 unspecified atom stereocenters. The van der Waals surface area contributed by atoms with Gasteiger partial charge in [0, 0.05) is 30.2 Å². The number of anilines is 2. The maximum Gasteiger partial charge on any atom is 0.278 e. The Morgan fingerprint density at radius 2 is 1.68 bits per heavy atom. The molecule has 0 aliphatic heterocycles. The van der Waals surface area contributed by atoms with E-state index in [2.05, 4.69) is 10.3 Å². The third-order valence-electron chi connectivity index (χ3n) is 4.95. The monoisotopic (exact) mass is 414 g/mol. The number of benzene rings is 2. The van der Waals surface area contributed by atoms with Gasteiger partial charge in [0.15, 0.2) is 11.1 Å². The number of amides is 1. The second kappa shape index (κ2) is 8.41. The van der Waals surface area contributed by atoms with Crippen molar-refractivity contribution in [2.75, 3.05) is 19.5 Å². The normalized spacial score (nSPS) is 10.8. The predicted octanol–water partition coefficient (Wildman–Crippen LogP) is 4.07. The van der Waals surface area contributed by atoms with Crippen molar-refractivity contribution in [2.45, 2.75) is 6.92 Å². The van der Waals surface area contributed by atoms with E-state index in [0.717, 1.165) is 16.4 Å². The lowest BCUT2D eigenvalue weighted by atomic mass is 10.1. The number of nitrogens with zero attached hydrogens (tertiary/aromatic N) is 3. The number of hydroxylamine groups is 2. The maximum atomic E-state index is 13.2. The van der Waals surface area contributed by atoms with Crippen molar-refractivity contribution in [1.82, 2.24) is 14.6 Å². The molecule has 4 aromatic rings. The summed E-state index contributed by atoms with van der Waals surface area (Å²) in [6.45, 7) is 1.79. The molecule has 2 aromatic carbocycles. The number of carbonyl (C=O) groups excluding carboxylic acids is 1. The molecule has 0 saturated carbocycles. The average molecular weight is 414 g/mol. The summed E-state index contributed by atoms with van der Waals surface area (Å²) in [5.41, 5.74) is 2.58. The van der Waals surface area contributed by atoms with Crippen LogP contribution in [0.15, 0.2) is 77.6 Å². The van der Waals surface area contributed by atoms with Gasteiger partial charge in [-0.25, -0.2) is 10.0 Å².